The van der Waals surface area contributed by atoms with Crippen molar-refractivity contribution >= 4 is 11.8 Å². The number of amides is 2. The summed E-state index contributed by atoms with van der Waals surface area (Å²) in [5, 5.41) is 3.30. The maximum atomic E-state index is 13.0. The molecular formula is C26H30N4O3. The number of carbonyl (C=O) groups is 2. The maximum Gasteiger partial charge on any atom is 0.274 e. The summed E-state index contributed by atoms with van der Waals surface area (Å²) in [6.07, 6.45) is 8.16. The Morgan fingerprint density at radius 2 is 1.97 bits per heavy atom. The number of likely N-dealkylation sites (tertiary alicyclic amines) is 1. The smallest absolute Gasteiger partial charge is 0.274 e. The zero-order valence-electron chi connectivity index (χ0n) is 19.0. The van der Waals surface area contributed by atoms with Gasteiger partial charge in [-0.25, -0.2) is 4.98 Å². The van der Waals surface area contributed by atoms with Crippen LogP contribution in [0.2, 0.25) is 0 Å². The third-order valence-corrected chi connectivity index (χ3v) is 7.26. The minimum atomic E-state index is -0.267. The predicted octanol–water partition coefficient (Wildman–Crippen LogP) is 3.11. The number of fused-ring (bicyclic) bond motifs is 2. The first kappa shape index (κ1) is 21.8. The van der Waals surface area contributed by atoms with E-state index in [-0.39, 0.29) is 35.3 Å². The number of ether oxygens (including phenoxy) is 1. The molecule has 0 radical (unpaired) electrons. The number of piperidine rings is 1. The number of hydrogen-bond acceptors (Lipinski definition) is 5. The van der Waals surface area contributed by atoms with Gasteiger partial charge in [-0.1, -0.05) is 30.3 Å². The van der Waals surface area contributed by atoms with Gasteiger partial charge in [-0.2, -0.15) is 0 Å². The van der Waals surface area contributed by atoms with E-state index in [2.05, 4.69) is 40.1 Å². The van der Waals surface area contributed by atoms with Gasteiger partial charge in [-0.05, 0) is 43.7 Å². The van der Waals surface area contributed by atoms with Crippen LogP contribution in [-0.4, -0.2) is 52.5 Å². The van der Waals surface area contributed by atoms with Crippen LogP contribution in [0.25, 0.3) is 0 Å². The highest BCUT2D eigenvalue weighted by Crippen LogP contribution is 2.52. The van der Waals surface area contributed by atoms with Crippen LogP contribution in [0.4, 0.5) is 0 Å². The minimum absolute atomic E-state index is 0.0919. The Balaban J connectivity index is 1.41. The molecule has 1 aromatic carbocycles. The average molecular weight is 447 g/mol. The van der Waals surface area contributed by atoms with Gasteiger partial charge >= 0.3 is 0 Å². The highest BCUT2D eigenvalue weighted by molar-refractivity contribution is 5.92. The molecule has 5 rings (SSSR count). The van der Waals surface area contributed by atoms with E-state index in [4.69, 9.17) is 4.74 Å². The van der Waals surface area contributed by atoms with E-state index in [0.29, 0.717) is 25.4 Å². The molecule has 7 nitrogen and oxygen atoms in total. The summed E-state index contributed by atoms with van der Waals surface area (Å²) < 4.78 is 6.38. The van der Waals surface area contributed by atoms with Crippen molar-refractivity contribution in [3.8, 4) is 0 Å². The van der Waals surface area contributed by atoms with Gasteiger partial charge in [0, 0.05) is 30.6 Å². The fraction of sp³-hybridized carbons (Fsp3) is 0.462. The molecule has 2 heterocycles. The van der Waals surface area contributed by atoms with Gasteiger partial charge in [-0.3, -0.25) is 14.6 Å². The number of hydrogen-bond donors (Lipinski definition) is 1. The molecule has 172 valence electrons. The Labute approximate surface area is 194 Å². The molecular weight excluding hydrogens is 416 g/mol. The van der Waals surface area contributed by atoms with Crippen LogP contribution in [0.1, 0.15) is 59.0 Å². The molecule has 1 aliphatic heterocycles. The van der Waals surface area contributed by atoms with Crippen molar-refractivity contribution in [2.24, 2.45) is 5.92 Å². The molecule has 0 unspecified atom stereocenters. The van der Waals surface area contributed by atoms with Gasteiger partial charge in [0.15, 0.2) is 0 Å². The van der Waals surface area contributed by atoms with Crippen molar-refractivity contribution in [3.63, 3.8) is 0 Å². The molecule has 1 N–H and O–H groups in total. The standard InChI is InChI=1S/C26H30N4O3/c1-3-14-33-23-22(29-24(31)18-8-9-18)19-6-4-5-7-20(19)26(23)10-12-30(13-11-26)25(32)21-16-27-17(2)15-28-21/h3-7,15-16,18,22-23H,1,8-14H2,2H3,(H,29,31)/t22-,23+/m1/s1. The Bertz CT molecular complexity index is 1060. The summed E-state index contributed by atoms with van der Waals surface area (Å²) in [6.45, 7) is 7.29. The van der Waals surface area contributed by atoms with Gasteiger partial charge in [0.2, 0.25) is 5.91 Å². The van der Waals surface area contributed by atoms with Gasteiger partial charge in [-0.15, -0.1) is 6.58 Å². The third kappa shape index (κ3) is 3.95. The lowest BCUT2D eigenvalue weighted by atomic mass is 9.71. The Morgan fingerprint density at radius 3 is 2.64 bits per heavy atom. The number of nitrogens with zero attached hydrogens (tertiary/aromatic N) is 3. The number of benzene rings is 1. The van der Waals surface area contributed by atoms with Crippen molar-refractivity contribution < 1.29 is 14.3 Å². The SMILES string of the molecule is C=CCO[C@H]1[C@H](NC(=O)C2CC2)c2ccccc2C12CCN(C(=O)c1cnc(C)cn1)CC2. The second-order valence-corrected chi connectivity index (χ2v) is 9.38. The van der Waals surface area contributed by atoms with E-state index in [9.17, 15) is 9.59 Å². The first-order chi connectivity index (χ1) is 16.0. The first-order valence-electron chi connectivity index (χ1n) is 11.7. The number of aryl methyl sites for hydroxylation is 1. The summed E-state index contributed by atoms with van der Waals surface area (Å²) >= 11 is 0. The molecule has 33 heavy (non-hydrogen) atoms. The number of carbonyl (C=O) groups excluding carboxylic acids is 2. The summed E-state index contributed by atoms with van der Waals surface area (Å²) in [7, 11) is 0. The molecule has 0 bridgehead atoms. The van der Waals surface area contributed by atoms with Crippen molar-refractivity contribution in [1.82, 2.24) is 20.2 Å². The zero-order chi connectivity index (χ0) is 23.0. The van der Waals surface area contributed by atoms with E-state index in [1.165, 1.54) is 5.56 Å². The van der Waals surface area contributed by atoms with Crippen molar-refractivity contribution in [2.75, 3.05) is 19.7 Å². The molecule has 1 saturated carbocycles. The zero-order valence-corrected chi connectivity index (χ0v) is 19.0. The second kappa shape index (κ2) is 8.71. The molecule has 2 aliphatic carbocycles. The van der Waals surface area contributed by atoms with E-state index < -0.39 is 0 Å². The highest BCUT2D eigenvalue weighted by atomic mass is 16.5. The van der Waals surface area contributed by atoms with Gasteiger partial charge in [0.05, 0.1) is 30.6 Å². The van der Waals surface area contributed by atoms with Crippen LogP contribution in [0, 0.1) is 12.8 Å². The fourth-order valence-corrected chi connectivity index (χ4v) is 5.38. The minimum Gasteiger partial charge on any atom is -0.371 e. The lowest BCUT2D eigenvalue weighted by Crippen LogP contribution is -2.52. The van der Waals surface area contributed by atoms with E-state index in [0.717, 1.165) is 36.9 Å². The topological polar surface area (TPSA) is 84.4 Å². The van der Waals surface area contributed by atoms with E-state index in [1.54, 1.807) is 18.5 Å². The lowest BCUT2D eigenvalue weighted by molar-refractivity contribution is -0.125. The van der Waals surface area contributed by atoms with E-state index >= 15 is 0 Å². The van der Waals surface area contributed by atoms with Crippen molar-refractivity contribution in [3.05, 3.63) is 71.8 Å². The molecule has 1 saturated heterocycles. The molecule has 3 aliphatic rings. The van der Waals surface area contributed by atoms with Crippen molar-refractivity contribution in [1.29, 1.82) is 0 Å². The summed E-state index contributed by atoms with van der Waals surface area (Å²) in [4.78, 5) is 36.1. The summed E-state index contributed by atoms with van der Waals surface area (Å²) in [6, 6.07) is 8.14. The lowest BCUT2D eigenvalue weighted by Gasteiger charge is -2.44. The van der Waals surface area contributed by atoms with Crippen LogP contribution in [0.15, 0.2) is 49.3 Å². The Hall–Kier alpha value is -3.06. The maximum absolute atomic E-state index is 13.0. The summed E-state index contributed by atoms with van der Waals surface area (Å²) in [5.41, 5.74) is 3.24. The van der Waals surface area contributed by atoms with Crippen LogP contribution in [-0.2, 0) is 14.9 Å². The number of nitrogens with one attached hydrogen (secondary N) is 1. The first-order valence-corrected chi connectivity index (χ1v) is 11.7. The van der Waals surface area contributed by atoms with Gasteiger partial charge in [0.1, 0.15) is 5.69 Å². The van der Waals surface area contributed by atoms with E-state index in [1.807, 2.05) is 17.9 Å². The molecule has 7 heteroatoms. The normalized spacial score (nSPS) is 23.2. The van der Waals surface area contributed by atoms with Crippen LogP contribution in [0.5, 0.6) is 0 Å². The van der Waals surface area contributed by atoms with Crippen molar-refractivity contribution in [2.45, 2.75) is 50.2 Å². The highest BCUT2D eigenvalue weighted by Gasteiger charge is 2.55. The average Bonchev–Trinajstić information content (AvgIpc) is 3.66. The van der Waals surface area contributed by atoms with Gasteiger partial charge in [0.25, 0.3) is 5.91 Å². The largest absolute Gasteiger partial charge is 0.371 e. The third-order valence-electron chi connectivity index (χ3n) is 7.26. The van der Waals surface area contributed by atoms with Crippen LogP contribution >= 0.6 is 0 Å². The monoisotopic (exact) mass is 446 g/mol. The number of rotatable bonds is 6. The van der Waals surface area contributed by atoms with Crippen LogP contribution < -0.4 is 5.32 Å². The molecule has 2 aromatic rings. The fourth-order valence-electron chi connectivity index (χ4n) is 5.38. The second-order valence-electron chi connectivity index (χ2n) is 9.38. The summed E-state index contributed by atoms with van der Waals surface area (Å²) in [5.74, 6) is 0.152. The molecule has 2 atom stereocenters. The molecule has 2 fully saturated rings. The molecule has 1 spiro atoms. The Kier molecular flexibility index (Phi) is 5.74. The number of aromatic nitrogens is 2. The molecule has 1 aromatic heterocycles. The molecule has 2 amide bonds. The Morgan fingerprint density at radius 1 is 1.21 bits per heavy atom. The quantitative estimate of drug-likeness (QED) is 0.690. The van der Waals surface area contributed by atoms with Crippen LogP contribution in [0.3, 0.4) is 0 Å². The van der Waals surface area contributed by atoms with Gasteiger partial charge < -0.3 is 15.0 Å². The predicted molar refractivity (Wildman–Crippen MR) is 124 cm³/mol.